The Morgan fingerprint density at radius 1 is 1.32 bits per heavy atom. The van der Waals surface area contributed by atoms with Gasteiger partial charge in [-0.3, -0.25) is 9.59 Å². The van der Waals surface area contributed by atoms with Crippen LogP contribution in [0.1, 0.15) is 20.8 Å². The third-order valence-electron chi connectivity index (χ3n) is 2.72. The monoisotopic (exact) mass is 328 g/mol. The highest BCUT2D eigenvalue weighted by molar-refractivity contribution is 6.32. The maximum absolute atomic E-state index is 12.0. The van der Waals surface area contributed by atoms with Crippen molar-refractivity contribution in [3.8, 4) is 5.75 Å². The second-order valence-corrected chi connectivity index (χ2v) is 4.98. The minimum absolute atomic E-state index is 0.276. The maximum atomic E-state index is 12.0. The maximum Gasteiger partial charge on any atom is 0.246 e. The minimum Gasteiger partial charge on any atom is -0.487 e. The molecule has 1 atom stereocenters. The molecular weight excluding hydrogens is 308 g/mol. The molecule has 22 heavy (non-hydrogen) atoms. The van der Waals surface area contributed by atoms with Crippen LogP contribution in [0, 0.1) is 0 Å². The summed E-state index contributed by atoms with van der Waals surface area (Å²) >= 11 is 6.10. The lowest BCUT2D eigenvalue weighted by Gasteiger charge is -2.16. The number of hydrogen-bond donors (Lipinski definition) is 2. The summed E-state index contributed by atoms with van der Waals surface area (Å²) < 4.78 is 10.8. The van der Waals surface area contributed by atoms with Gasteiger partial charge in [0.05, 0.1) is 17.3 Å². The van der Waals surface area contributed by atoms with Crippen LogP contribution >= 0.6 is 11.6 Å². The van der Waals surface area contributed by atoms with Gasteiger partial charge in [0.2, 0.25) is 11.8 Å². The number of ether oxygens (including phenoxy) is 2. The molecule has 0 aliphatic carbocycles. The van der Waals surface area contributed by atoms with Crippen LogP contribution in [0.25, 0.3) is 0 Å². The number of carbonyl (C=O) groups is 2. The fourth-order valence-corrected chi connectivity index (χ4v) is 1.94. The van der Waals surface area contributed by atoms with Gasteiger partial charge in [-0.25, -0.2) is 0 Å². The normalized spacial score (nSPS) is 11.6. The van der Waals surface area contributed by atoms with Gasteiger partial charge < -0.3 is 20.1 Å². The van der Waals surface area contributed by atoms with E-state index >= 15 is 0 Å². The van der Waals surface area contributed by atoms with Crippen molar-refractivity contribution in [2.45, 2.75) is 26.8 Å². The van der Waals surface area contributed by atoms with E-state index < -0.39 is 6.04 Å². The quantitative estimate of drug-likeness (QED) is 0.717. The SMILES string of the molecule is CCOCCOc1c(Cl)cccc1NC(=O)C(C)NC(C)=O. The molecule has 1 aromatic rings. The van der Waals surface area contributed by atoms with Gasteiger partial charge in [-0.05, 0) is 26.0 Å². The average molecular weight is 329 g/mol. The van der Waals surface area contributed by atoms with E-state index in [0.29, 0.717) is 36.3 Å². The van der Waals surface area contributed by atoms with Crippen LogP contribution in [0.3, 0.4) is 0 Å². The molecular formula is C15H21ClN2O4. The molecule has 0 aromatic heterocycles. The van der Waals surface area contributed by atoms with Crippen LogP contribution in [0.2, 0.25) is 5.02 Å². The van der Waals surface area contributed by atoms with E-state index in [1.54, 1.807) is 25.1 Å². The molecule has 122 valence electrons. The van der Waals surface area contributed by atoms with Crippen LogP contribution in [-0.4, -0.2) is 37.7 Å². The summed E-state index contributed by atoms with van der Waals surface area (Å²) in [4.78, 5) is 23.0. The van der Waals surface area contributed by atoms with Gasteiger partial charge in [-0.15, -0.1) is 0 Å². The summed E-state index contributed by atoms with van der Waals surface area (Å²) in [6, 6.07) is 4.40. The van der Waals surface area contributed by atoms with E-state index in [1.165, 1.54) is 6.92 Å². The number of benzene rings is 1. The van der Waals surface area contributed by atoms with E-state index in [2.05, 4.69) is 10.6 Å². The van der Waals surface area contributed by atoms with Crippen LogP contribution in [0.15, 0.2) is 18.2 Å². The molecule has 6 nitrogen and oxygen atoms in total. The van der Waals surface area contributed by atoms with Crippen molar-refractivity contribution in [1.29, 1.82) is 0 Å². The Morgan fingerprint density at radius 3 is 2.68 bits per heavy atom. The Labute approximate surface area is 135 Å². The molecule has 0 saturated carbocycles. The zero-order valence-corrected chi connectivity index (χ0v) is 13.7. The largest absolute Gasteiger partial charge is 0.487 e. The first kappa shape index (κ1) is 18.3. The van der Waals surface area contributed by atoms with Crippen molar-refractivity contribution in [1.82, 2.24) is 5.32 Å². The molecule has 1 unspecified atom stereocenters. The van der Waals surface area contributed by atoms with E-state index in [0.717, 1.165) is 0 Å². The molecule has 1 aromatic carbocycles. The smallest absolute Gasteiger partial charge is 0.246 e. The van der Waals surface area contributed by atoms with Gasteiger partial charge in [-0.2, -0.15) is 0 Å². The molecule has 0 saturated heterocycles. The summed E-state index contributed by atoms with van der Waals surface area (Å²) in [5.41, 5.74) is 0.450. The Balaban J connectivity index is 2.74. The molecule has 0 bridgehead atoms. The Hall–Kier alpha value is -1.79. The summed E-state index contributed by atoms with van der Waals surface area (Å²) in [7, 11) is 0. The second kappa shape index (κ2) is 9.27. The van der Waals surface area contributed by atoms with E-state index in [4.69, 9.17) is 21.1 Å². The number of anilines is 1. The fourth-order valence-electron chi connectivity index (χ4n) is 1.71. The molecule has 2 amide bonds. The van der Waals surface area contributed by atoms with Crippen LogP contribution in [-0.2, 0) is 14.3 Å². The Morgan fingerprint density at radius 2 is 2.05 bits per heavy atom. The van der Waals surface area contributed by atoms with Gasteiger partial charge in [0.15, 0.2) is 5.75 Å². The van der Waals surface area contributed by atoms with Gasteiger partial charge >= 0.3 is 0 Å². The molecule has 0 aliphatic rings. The van der Waals surface area contributed by atoms with Crippen molar-refractivity contribution >= 4 is 29.1 Å². The van der Waals surface area contributed by atoms with Gasteiger partial charge in [-0.1, -0.05) is 17.7 Å². The number of nitrogens with one attached hydrogen (secondary N) is 2. The third-order valence-corrected chi connectivity index (χ3v) is 3.01. The number of carbonyl (C=O) groups excluding carboxylic acids is 2. The predicted octanol–water partition coefficient (Wildman–Crippen LogP) is 2.22. The summed E-state index contributed by atoms with van der Waals surface area (Å²) in [6.45, 7) is 6.19. The number of halogens is 1. The van der Waals surface area contributed by atoms with E-state index in [1.807, 2.05) is 6.92 Å². The Kier molecular flexibility index (Phi) is 7.70. The summed E-state index contributed by atoms with van der Waals surface area (Å²) in [6.07, 6.45) is 0. The van der Waals surface area contributed by atoms with Gasteiger partial charge in [0.25, 0.3) is 0 Å². The molecule has 0 spiro atoms. The van der Waals surface area contributed by atoms with Crippen LogP contribution in [0.5, 0.6) is 5.75 Å². The standard InChI is InChI=1S/C15H21ClN2O4/c1-4-21-8-9-22-14-12(16)6-5-7-13(14)18-15(20)10(2)17-11(3)19/h5-7,10H,4,8-9H2,1-3H3,(H,17,19)(H,18,20). The molecule has 0 aliphatic heterocycles. The second-order valence-electron chi connectivity index (χ2n) is 4.57. The first-order valence-corrected chi connectivity index (χ1v) is 7.40. The lowest BCUT2D eigenvalue weighted by Crippen LogP contribution is -2.40. The number of amides is 2. The van der Waals surface area contributed by atoms with Crippen molar-refractivity contribution in [3.63, 3.8) is 0 Å². The lowest BCUT2D eigenvalue weighted by molar-refractivity contribution is -0.124. The van der Waals surface area contributed by atoms with Crippen molar-refractivity contribution in [3.05, 3.63) is 23.2 Å². The highest BCUT2D eigenvalue weighted by atomic mass is 35.5. The zero-order chi connectivity index (χ0) is 16.5. The first-order valence-electron chi connectivity index (χ1n) is 7.02. The van der Waals surface area contributed by atoms with Crippen molar-refractivity contribution in [2.24, 2.45) is 0 Å². The van der Waals surface area contributed by atoms with Crippen molar-refractivity contribution in [2.75, 3.05) is 25.1 Å². The lowest BCUT2D eigenvalue weighted by atomic mass is 10.2. The highest BCUT2D eigenvalue weighted by Crippen LogP contribution is 2.32. The van der Waals surface area contributed by atoms with Crippen molar-refractivity contribution < 1.29 is 19.1 Å². The Bertz CT molecular complexity index is 522. The molecule has 1 rings (SSSR count). The molecule has 0 heterocycles. The molecule has 7 heteroatoms. The number of para-hydroxylation sites is 1. The third kappa shape index (κ3) is 5.91. The summed E-state index contributed by atoms with van der Waals surface area (Å²) in [5.74, 6) is -0.249. The first-order chi connectivity index (χ1) is 10.5. The highest BCUT2D eigenvalue weighted by Gasteiger charge is 2.17. The topological polar surface area (TPSA) is 76.7 Å². The zero-order valence-electron chi connectivity index (χ0n) is 12.9. The molecule has 0 radical (unpaired) electrons. The minimum atomic E-state index is -0.659. The molecule has 2 N–H and O–H groups in total. The summed E-state index contributed by atoms with van der Waals surface area (Å²) in [5, 5.41) is 5.60. The van der Waals surface area contributed by atoms with Crippen LogP contribution in [0.4, 0.5) is 5.69 Å². The van der Waals surface area contributed by atoms with E-state index in [-0.39, 0.29) is 11.8 Å². The predicted molar refractivity (Wildman–Crippen MR) is 85.3 cm³/mol. The molecule has 0 fully saturated rings. The number of rotatable bonds is 8. The number of hydrogen-bond acceptors (Lipinski definition) is 4. The van der Waals surface area contributed by atoms with Gasteiger partial charge in [0.1, 0.15) is 12.6 Å². The van der Waals surface area contributed by atoms with Crippen LogP contribution < -0.4 is 15.4 Å². The average Bonchev–Trinajstić information content (AvgIpc) is 2.45. The van der Waals surface area contributed by atoms with E-state index in [9.17, 15) is 9.59 Å². The van der Waals surface area contributed by atoms with Gasteiger partial charge in [0, 0.05) is 13.5 Å². The fraction of sp³-hybridized carbons (Fsp3) is 0.467.